The Bertz CT molecular complexity index is 487. The molecule has 6 nitrogen and oxygen atoms in total. The summed E-state index contributed by atoms with van der Waals surface area (Å²) < 4.78 is 4.90. The molecule has 6 heteroatoms. The van der Waals surface area contributed by atoms with Crippen molar-refractivity contribution in [2.45, 2.75) is 110 Å². The zero-order chi connectivity index (χ0) is 21.2. The molecule has 0 aromatic carbocycles. The molecule has 0 aromatic rings. The summed E-state index contributed by atoms with van der Waals surface area (Å²) in [5, 5.41) is 0.504. The number of amides is 2. The van der Waals surface area contributed by atoms with Crippen molar-refractivity contribution in [1.29, 1.82) is 0 Å². The Morgan fingerprint density at radius 3 is 1.83 bits per heavy atom. The van der Waals surface area contributed by atoms with Crippen LogP contribution in [0.25, 0.3) is 0 Å². The number of nitrogens with zero attached hydrogens (tertiary/aromatic N) is 1. The van der Waals surface area contributed by atoms with Gasteiger partial charge in [-0.3, -0.25) is 14.4 Å². The van der Waals surface area contributed by atoms with Crippen molar-refractivity contribution in [3.05, 3.63) is 12.2 Å². The normalized spacial score (nSPS) is 14.2. The Morgan fingerprint density at radius 2 is 1.28 bits per heavy atom. The Hall–Kier alpha value is -1.85. The van der Waals surface area contributed by atoms with E-state index in [0.717, 1.165) is 19.3 Å². The fourth-order valence-corrected chi connectivity index (χ4v) is 3.26. The second-order valence-corrected chi connectivity index (χ2v) is 7.71. The van der Waals surface area contributed by atoms with Crippen molar-refractivity contribution in [3.8, 4) is 0 Å². The van der Waals surface area contributed by atoms with Crippen LogP contribution in [0.3, 0.4) is 0 Å². The molecule has 0 aromatic heterocycles. The number of carbonyl (C=O) groups excluding carboxylic acids is 3. The third kappa shape index (κ3) is 13.1. The Morgan fingerprint density at radius 1 is 0.793 bits per heavy atom. The van der Waals surface area contributed by atoms with Crippen LogP contribution in [-0.4, -0.2) is 29.6 Å². The molecule has 1 heterocycles. The van der Waals surface area contributed by atoms with E-state index >= 15 is 0 Å². The smallest absolute Gasteiger partial charge is 0.433 e. The number of hydrogen-bond donors (Lipinski definition) is 0. The summed E-state index contributed by atoms with van der Waals surface area (Å²) in [4.78, 5) is 38.7. The van der Waals surface area contributed by atoms with Gasteiger partial charge in [-0.2, -0.15) is 0 Å². The van der Waals surface area contributed by atoms with Gasteiger partial charge in [-0.25, -0.2) is 4.79 Å². The first-order valence-electron chi connectivity index (χ1n) is 11.5. The van der Waals surface area contributed by atoms with E-state index in [2.05, 4.69) is 23.9 Å². The van der Waals surface area contributed by atoms with Crippen molar-refractivity contribution < 1.29 is 24.0 Å². The van der Waals surface area contributed by atoms with Crippen molar-refractivity contribution >= 4 is 18.0 Å². The second kappa shape index (κ2) is 17.0. The van der Waals surface area contributed by atoms with Gasteiger partial charge in [0.05, 0.1) is 6.61 Å². The van der Waals surface area contributed by atoms with E-state index in [4.69, 9.17) is 4.74 Å². The molecule has 0 aliphatic carbocycles. The Labute approximate surface area is 175 Å². The van der Waals surface area contributed by atoms with E-state index in [0.29, 0.717) is 5.06 Å². The van der Waals surface area contributed by atoms with Crippen molar-refractivity contribution in [1.82, 2.24) is 5.06 Å². The van der Waals surface area contributed by atoms with Crippen LogP contribution in [0.15, 0.2) is 12.2 Å². The highest BCUT2D eigenvalue weighted by Gasteiger charge is 2.33. The standard InChI is InChI=1S/C23H39NO5/c1-2-3-4-5-6-7-8-9-10-11-12-13-14-15-16-17-20-28-23(27)29-24-21(25)18-19-22(24)26/h9-10H,2-8,11-20H2,1H3/b10-9-. The Balaban J connectivity index is 1.82. The lowest BCUT2D eigenvalue weighted by atomic mass is 10.1. The molecule has 0 radical (unpaired) electrons. The van der Waals surface area contributed by atoms with Crippen molar-refractivity contribution in [2.24, 2.45) is 0 Å². The Kier molecular flexibility index (Phi) is 14.8. The van der Waals surface area contributed by atoms with Crippen LogP contribution >= 0.6 is 0 Å². The average Bonchev–Trinajstić information content (AvgIpc) is 3.02. The van der Waals surface area contributed by atoms with Gasteiger partial charge >= 0.3 is 6.16 Å². The van der Waals surface area contributed by atoms with Gasteiger partial charge in [-0.15, -0.1) is 0 Å². The molecule has 0 saturated carbocycles. The lowest BCUT2D eigenvalue weighted by Crippen LogP contribution is -2.32. The molecule has 1 aliphatic heterocycles. The fraction of sp³-hybridized carbons (Fsp3) is 0.783. The number of hydrogen-bond acceptors (Lipinski definition) is 5. The number of carbonyl (C=O) groups is 3. The molecular formula is C23H39NO5. The van der Waals surface area contributed by atoms with Crippen LogP contribution in [0.4, 0.5) is 4.79 Å². The van der Waals surface area contributed by atoms with Crippen molar-refractivity contribution in [3.63, 3.8) is 0 Å². The van der Waals surface area contributed by atoms with Gasteiger partial charge in [0, 0.05) is 12.8 Å². The molecule has 0 N–H and O–H groups in total. The summed E-state index contributed by atoms with van der Waals surface area (Å²) in [5.41, 5.74) is 0. The van der Waals surface area contributed by atoms with Crippen LogP contribution in [0.5, 0.6) is 0 Å². The quantitative estimate of drug-likeness (QED) is 0.123. The number of ether oxygens (including phenoxy) is 1. The van der Waals surface area contributed by atoms with Gasteiger partial charge in [0.2, 0.25) is 0 Å². The predicted octanol–water partition coefficient (Wildman–Crippen LogP) is 6.24. The zero-order valence-corrected chi connectivity index (χ0v) is 18.2. The van der Waals surface area contributed by atoms with Crippen LogP contribution in [0.1, 0.15) is 110 Å². The molecule has 1 aliphatic rings. The van der Waals surface area contributed by atoms with Crippen LogP contribution in [0.2, 0.25) is 0 Å². The van der Waals surface area contributed by atoms with Gasteiger partial charge < -0.3 is 4.74 Å². The first-order chi connectivity index (χ1) is 14.1. The largest absolute Gasteiger partial charge is 0.533 e. The van der Waals surface area contributed by atoms with Crippen LogP contribution in [0, 0.1) is 0 Å². The third-order valence-corrected chi connectivity index (χ3v) is 5.05. The lowest BCUT2D eigenvalue weighted by Gasteiger charge is -2.12. The maximum absolute atomic E-state index is 11.5. The maximum Gasteiger partial charge on any atom is 0.533 e. The molecule has 1 fully saturated rings. The molecule has 1 rings (SSSR count). The molecule has 0 bridgehead atoms. The maximum atomic E-state index is 11.5. The van der Waals surface area contributed by atoms with E-state index in [1.165, 1.54) is 70.6 Å². The summed E-state index contributed by atoms with van der Waals surface area (Å²) in [7, 11) is 0. The van der Waals surface area contributed by atoms with Gasteiger partial charge in [0.25, 0.3) is 11.8 Å². The van der Waals surface area contributed by atoms with Gasteiger partial charge in [0.1, 0.15) is 0 Å². The monoisotopic (exact) mass is 409 g/mol. The molecule has 0 spiro atoms. The SMILES string of the molecule is CCCCCCCC/C=C\CCCCCCCCOC(=O)ON1C(=O)CCC1=O. The molecular weight excluding hydrogens is 370 g/mol. The van der Waals surface area contributed by atoms with E-state index < -0.39 is 18.0 Å². The number of hydroxylamine groups is 2. The van der Waals surface area contributed by atoms with Crippen molar-refractivity contribution in [2.75, 3.05) is 6.61 Å². The zero-order valence-electron chi connectivity index (χ0n) is 18.2. The third-order valence-electron chi connectivity index (χ3n) is 5.05. The minimum absolute atomic E-state index is 0.0844. The molecule has 166 valence electrons. The second-order valence-electron chi connectivity index (χ2n) is 7.71. The molecule has 29 heavy (non-hydrogen) atoms. The number of rotatable bonds is 17. The van der Waals surface area contributed by atoms with Crippen LogP contribution in [-0.2, 0) is 19.2 Å². The number of allylic oxidation sites excluding steroid dienone is 2. The minimum Gasteiger partial charge on any atom is -0.433 e. The summed E-state index contributed by atoms with van der Waals surface area (Å²) in [6.07, 6.45) is 20.9. The van der Waals surface area contributed by atoms with Gasteiger partial charge in [0.15, 0.2) is 0 Å². The van der Waals surface area contributed by atoms with Gasteiger partial charge in [-0.1, -0.05) is 81.9 Å². The highest BCUT2D eigenvalue weighted by atomic mass is 16.8. The van der Waals surface area contributed by atoms with Gasteiger partial charge in [-0.05, 0) is 32.1 Å². The van der Waals surface area contributed by atoms with E-state index in [1.807, 2.05) is 0 Å². The van der Waals surface area contributed by atoms with Crippen LogP contribution < -0.4 is 0 Å². The topological polar surface area (TPSA) is 72.9 Å². The molecule has 2 amide bonds. The average molecular weight is 410 g/mol. The minimum atomic E-state index is -0.985. The van der Waals surface area contributed by atoms with E-state index in [1.54, 1.807) is 0 Å². The number of imide groups is 1. The van der Waals surface area contributed by atoms with E-state index in [-0.39, 0.29) is 19.4 Å². The number of unbranched alkanes of at least 4 members (excludes halogenated alkanes) is 12. The molecule has 1 saturated heterocycles. The molecule has 0 unspecified atom stereocenters. The lowest BCUT2D eigenvalue weighted by molar-refractivity contribution is -0.177. The predicted molar refractivity (Wildman–Crippen MR) is 113 cm³/mol. The highest BCUT2D eigenvalue weighted by molar-refractivity contribution is 6.01. The van der Waals surface area contributed by atoms with E-state index in [9.17, 15) is 14.4 Å². The first-order valence-corrected chi connectivity index (χ1v) is 11.5. The summed E-state index contributed by atoms with van der Waals surface area (Å²) in [6, 6.07) is 0. The summed E-state index contributed by atoms with van der Waals surface area (Å²) in [6.45, 7) is 2.50. The highest BCUT2D eigenvalue weighted by Crippen LogP contribution is 2.13. The summed E-state index contributed by atoms with van der Waals surface area (Å²) >= 11 is 0. The fourth-order valence-electron chi connectivity index (χ4n) is 3.26. The molecule has 0 atom stereocenters. The first kappa shape index (κ1) is 25.2. The summed E-state index contributed by atoms with van der Waals surface area (Å²) in [5.74, 6) is -0.992.